The summed E-state index contributed by atoms with van der Waals surface area (Å²) in [5, 5.41) is 0. The molecule has 1 aliphatic rings. The third-order valence-electron chi connectivity index (χ3n) is 4.68. The zero-order valence-electron chi connectivity index (χ0n) is 16.9. The molecule has 1 heterocycles. The number of anilines is 1. The van der Waals surface area contributed by atoms with Crippen molar-refractivity contribution in [2.75, 3.05) is 31.7 Å². The molecule has 0 bridgehead atoms. The van der Waals surface area contributed by atoms with Gasteiger partial charge in [0.15, 0.2) is 0 Å². The maximum absolute atomic E-state index is 12.7. The molecule has 8 heteroatoms. The van der Waals surface area contributed by atoms with E-state index in [9.17, 15) is 13.2 Å². The van der Waals surface area contributed by atoms with Gasteiger partial charge in [-0.25, -0.2) is 13.1 Å². The lowest BCUT2D eigenvalue weighted by molar-refractivity contribution is -0.117. The summed E-state index contributed by atoms with van der Waals surface area (Å²) in [6, 6.07) is 10.4. The predicted octanol–water partition coefficient (Wildman–Crippen LogP) is 2.80. The third kappa shape index (κ3) is 5.07. The summed E-state index contributed by atoms with van der Waals surface area (Å²) < 4.78 is 38.9. The first-order valence-corrected chi connectivity index (χ1v) is 11.0. The lowest BCUT2D eigenvalue weighted by Crippen LogP contribution is -2.29. The Bertz CT molecular complexity index is 984. The molecular weight excluding hydrogens is 392 g/mol. The van der Waals surface area contributed by atoms with Gasteiger partial charge in [-0.05, 0) is 61.7 Å². The van der Waals surface area contributed by atoms with E-state index >= 15 is 0 Å². The summed E-state index contributed by atoms with van der Waals surface area (Å²) in [5.74, 6) is 1.14. The van der Waals surface area contributed by atoms with Crippen LogP contribution in [0.15, 0.2) is 41.3 Å². The Hall–Kier alpha value is -2.58. The Kier molecular flexibility index (Phi) is 6.44. The number of ether oxygens (including phenoxy) is 2. The van der Waals surface area contributed by atoms with Crippen LogP contribution < -0.4 is 19.1 Å². The number of benzene rings is 2. The number of aryl methyl sites for hydroxylation is 2. The molecule has 0 aliphatic carbocycles. The molecule has 156 valence electrons. The molecule has 0 aromatic heterocycles. The van der Waals surface area contributed by atoms with Crippen molar-refractivity contribution < 1.29 is 22.7 Å². The van der Waals surface area contributed by atoms with Crippen LogP contribution in [0.1, 0.15) is 24.0 Å². The lowest BCUT2D eigenvalue weighted by atomic mass is 10.1. The van der Waals surface area contributed by atoms with E-state index in [-0.39, 0.29) is 24.0 Å². The summed E-state index contributed by atoms with van der Waals surface area (Å²) in [7, 11) is -2.25. The van der Waals surface area contributed by atoms with Crippen LogP contribution >= 0.6 is 0 Å². The van der Waals surface area contributed by atoms with Gasteiger partial charge in [0, 0.05) is 19.5 Å². The molecule has 3 rings (SSSR count). The van der Waals surface area contributed by atoms with Crippen LogP contribution in [0.4, 0.5) is 5.69 Å². The van der Waals surface area contributed by atoms with Gasteiger partial charge in [0.25, 0.3) is 0 Å². The van der Waals surface area contributed by atoms with Crippen LogP contribution in [0.3, 0.4) is 0 Å². The Morgan fingerprint density at radius 3 is 2.45 bits per heavy atom. The number of rotatable bonds is 8. The minimum atomic E-state index is -3.75. The van der Waals surface area contributed by atoms with E-state index in [4.69, 9.17) is 9.47 Å². The number of carbonyl (C=O) groups is 1. The number of nitrogens with zero attached hydrogens (tertiary/aromatic N) is 1. The average Bonchev–Trinajstić information content (AvgIpc) is 3.09. The predicted molar refractivity (Wildman–Crippen MR) is 111 cm³/mol. The van der Waals surface area contributed by atoms with Gasteiger partial charge in [0.1, 0.15) is 18.1 Å². The second kappa shape index (κ2) is 8.84. The summed E-state index contributed by atoms with van der Waals surface area (Å²) in [5.41, 5.74) is 2.65. The topological polar surface area (TPSA) is 84.9 Å². The maximum atomic E-state index is 12.7. The summed E-state index contributed by atoms with van der Waals surface area (Å²) in [6.07, 6.45) is 1.20. The average molecular weight is 419 g/mol. The molecule has 1 N–H and O–H groups in total. The highest BCUT2D eigenvalue weighted by Crippen LogP contribution is 2.33. The van der Waals surface area contributed by atoms with Gasteiger partial charge < -0.3 is 14.4 Å². The lowest BCUT2D eigenvalue weighted by Gasteiger charge is -2.20. The van der Waals surface area contributed by atoms with Gasteiger partial charge in [0.2, 0.25) is 15.9 Å². The van der Waals surface area contributed by atoms with E-state index in [2.05, 4.69) is 4.72 Å². The highest BCUT2D eigenvalue weighted by atomic mass is 32.2. The van der Waals surface area contributed by atoms with Crippen LogP contribution in [-0.4, -0.2) is 41.1 Å². The molecule has 2 aromatic rings. The molecule has 1 amide bonds. The first-order chi connectivity index (χ1) is 13.8. The van der Waals surface area contributed by atoms with Crippen molar-refractivity contribution in [3.63, 3.8) is 0 Å². The van der Waals surface area contributed by atoms with Crippen LogP contribution in [0.25, 0.3) is 0 Å². The van der Waals surface area contributed by atoms with Crippen LogP contribution in [0.5, 0.6) is 11.5 Å². The monoisotopic (exact) mass is 418 g/mol. The Morgan fingerprint density at radius 2 is 1.83 bits per heavy atom. The summed E-state index contributed by atoms with van der Waals surface area (Å²) in [4.78, 5) is 13.7. The zero-order valence-corrected chi connectivity index (χ0v) is 17.7. The van der Waals surface area contributed by atoms with Gasteiger partial charge in [-0.15, -0.1) is 0 Å². The SMILES string of the molecule is COc1ccc(S(=O)(=O)NCCOc2cc(C)cc(C)c2)cc1N1CCCC1=O. The van der Waals surface area contributed by atoms with Crippen LogP contribution in [-0.2, 0) is 14.8 Å². The number of nitrogens with one attached hydrogen (secondary N) is 1. The molecule has 0 radical (unpaired) electrons. The Balaban J connectivity index is 1.68. The number of hydrogen-bond donors (Lipinski definition) is 1. The van der Waals surface area contributed by atoms with Crippen molar-refractivity contribution >= 4 is 21.6 Å². The molecule has 0 spiro atoms. The standard InChI is InChI=1S/C21H26N2O5S/c1-15-11-16(2)13-17(12-15)28-10-8-22-29(25,26)18-6-7-20(27-3)19(14-18)23-9-4-5-21(23)24/h6-7,11-14,22H,4-5,8-10H2,1-3H3. The van der Waals surface area contributed by atoms with Gasteiger partial charge >= 0.3 is 0 Å². The van der Waals surface area contributed by atoms with Crippen molar-refractivity contribution in [3.05, 3.63) is 47.5 Å². The summed E-state index contributed by atoms with van der Waals surface area (Å²) in [6.45, 7) is 4.84. The number of amides is 1. The molecule has 1 saturated heterocycles. The van der Waals surface area contributed by atoms with E-state index in [1.54, 1.807) is 11.0 Å². The molecule has 1 fully saturated rings. The second-order valence-electron chi connectivity index (χ2n) is 7.05. The quantitative estimate of drug-likeness (QED) is 0.667. The van der Waals surface area contributed by atoms with Gasteiger partial charge in [-0.2, -0.15) is 0 Å². The van der Waals surface area contributed by atoms with E-state index in [0.717, 1.165) is 17.5 Å². The first-order valence-electron chi connectivity index (χ1n) is 9.49. The Morgan fingerprint density at radius 1 is 1.10 bits per heavy atom. The highest BCUT2D eigenvalue weighted by Gasteiger charge is 2.26. The fourth-order valence-electron chi connectivity index (χ4n) is 3.40. The molecule has 7 nitrogen and oxygen atoms in total. The Labute approximate surface area is 171 Å². The molecule has 0 atom stereocenters. The van der Waals surface area contributed by atoms with E-state index in [1.165, 1.54) is 19.2 Å². The minimum Gasteiger partial charge on any atom is -0.495 e. The van der Waals surface area contributed by atoms with Crippen molar-refractivity contribution in [1.29, 1.82) is 0 Å². The molecule has 0 saturated carbocycles. The molecule has 1 aliphatic heterocycles. The normalized spacial score (nSPS) is 14.3. The molecule has 29 heavy (non-hydrogen) atoms. The second-order valence-corrected chi connectivity index (χ2v) is 8.82. The number of carbonyl (C=O) groups excluding carboxylic acids is 1. The zero-order chi connectivity index (χ0) is 21.0. The smallest absolute Gasteiger partial charge is 0.240 e. The first kappa shape index (κ1) is 21.1. The van der Waals surface area contributed by atoms with Gasteiger partial charge in [-0.1, -0.05) is 6.07 Å². The number of sulfonamides is 1. The minimum absolute atomic E-state index is 0.0346. The van der Waals surface area contributed by atoms with Gasteiger partial charge in [-0.3, -0.25) is 4.79 Å². The number of methoxy groups -OCH3 is 1. The maximum Gasteiger partial charge on any atom is 0.240 e. The fraction of sp³-hybridized carbons (Fsp3) is 0.381. The summed E-state index contributed by atoms with van der Waals surface area (Å²) >= 11 is 0. The van der Waals surface area contributed by atoms with E-state index in [1.807, 2.05) is 32.0 Å². The largest absolute Gasteiger partial charge is 0.495 e. The fourth-order valence-corrected chi connectivity index (χ4v) is 4.43. The van der Waals surface area contributed by atoms with Crippen LogP contribution in [0.2, 0.25) is 0 Å². The van der Waals surface area contributed by atoms with E-state index in [0.29, 0.717) is 30.2 Å². The number of hydrogen-bond acceptors (Lipinski definition) is 5. The molecular formula is C21H26N2O5S. The van der Waals surface area contributed by atoms with Crippen molar-refractivity contribution in [2.24, 2.45) is 0 Å². The van der Waals surface area contributed by atoms with Crippen molar-refractivity contribution in [1.82, 2.24) is 4.72 Å². The van der Waals surface area contributed by atoms with E-state index < -0.39 is 10.0 Å². The third-order valence-corrected chi connectivity index (χ3v) is 6.14. The van der Waals surface area contributed by atoms with Gasteiger partial charge in [0.05, 0.1) is 17.7 Å². The van der Waals surface area contributed by atoms with Crippen molar-refractivity contribution in [2.45, 2.75) is 31.6 Å². The highest BCUT2D eigenvalue weighted by molar-refractivity contribution is 7.89. The van der Waals surface area contributed by atoms with Crippen LogP contribution in [0, 0.1) is 13.8 Å². The van der Waals surface area contributed by atoms with Crippen molar-refractivity contribution in [3.8, 4) is 11.5 Å². The molecule has 2 aromatic carbocycles. The molecule has 0 unspecified atom stereocenters.